The summed E-state index contributed by atoms with van der Waals surface area (Å²) in [5.74, 6) is -0.449. The van der Waals surface area contributed by atoms with Crippen LogP contribution >= 0.6 is 11.6 Å². The molecule has 0 saturated heterocycles. The molecule has 5 nitrogen and oxygen atoms in total. The summed E-state index contributed by atoms with van der Waals surface area (Å²) in [5, 5.41) is 7.31. The first kappa shape index (κ1) is 18.7. The molecular formula is C19H20ClN3O2. The molecule has 0 aromatic heterocycles. The lowest BCUT2D eigenvalue weighted by Gasteiger charge is -2.07. The van der Waals surface area contributed by atoms with Gasteiger partial charge < -0.3 is 5.32 Å². The molecule has 0 saturated carbocycles. The van der Waals surface area contributed by atoms with Gasteiger partial charge in [-0.2, -0.15) is 5.10 Å². The SMILES string of the molecule is C/C(CC(=O)Nc1ccc(C)c(Cl)c1)=N/NC(=O)Cc1ccccc1. The number of carbonyl (C=O) groups excluding carboxylic acids is 2. The molecule has 0 spiro atoms. The van der Waals surface area contributed by atoms with Crippen LogP contribution in [0.4, 0.5) is 5.69 Å². The molecule has 0 radical (unpaired) electrons. The zero-order valence-corrected chi connectivity index (χ0v) is 14.9. The van der Waals surface area contributed by atoms with E-state index in [1.807, 2.05) is 43.3 Å². The Bertz CT molecular complexity index is 789. The molecule has 0 atom stereocenters. The number of halogens is 1. The van der Waals surface area contributed by atoms with Crippen LogP contribution in [0.2, 0.25) is 5.02 Å². The molecule has 2 rings (SSSR count). The molecule has 130 valence electrons. The summed E-state index contributed by atoms with van der Waals surface area (Å²) >= 11 is 6.03. The lowest BCUT2D eigenvalue weighted by atomic mass is 10.1. The molecule has 6 heteroatoms. The highest BCUT2D eigenvalue weighted by molar-refractivity contribution is 6.31. The first-order valence-corrected chi connectivity index (χ1v) is 8.24. The van der Waals surface area contributed by atoms with Gasteiger partial charge in [-0.1, -0.05) is 48.0 Å². The van der Waals surface area contributed by atoms with E-state index in [9.17, 15) is 9.59 Å². The van der Waals surface area contributed by atoms with Crippen LogP contribution in [-0.2, 0) is 16.0 Å². The molecule has 0 fully saturated rings. The number of nitrogens with one attached hydrogen (secondary N) is 2. The highest BCUT2D eigenvalue weighted by Gasteiger charge is 2.07. The summed E-state index contributed by atoms with van der Waals surface area (Å²) in [6.07, 6.45) is 0.322. The monoisotopic (exact) mass is 357 g/mol. The summed E-state index contributed by atoms with van der Waals surface area (Å²) in [6, 6.07) is 14.7. The number of aryl methyl sites for hydroxylation is 1. The highest BCUT2D eigenvalue weighted by atomic mass is 35.5. The molecule has 0 aliphatic rings. The fourth-order valence-corrected chi connectivity index (χ4v) is 2.31. The predicted octanol–water partition coefficient (Wildman–Crippen LogP) is 3.71. The first-order chi connectivity index (χ1) is 11.9. The number of amides is 2. The topological polar surface area (TPSA) is 70.6 Å². The van der Waals surface area contributed by atoms with Crippen LogP contribution in [0, 0.1) is 6.92 Å². The van der Waals surface area contributed by atoms with E-state index in [0.717, 1.165) is 11.1 Å². The van der Waals surface area contributed by atoms with Crippen LogP contribution in [-0.4, -0.2) is 17.5 Å². The maximum Gasteiger partial charge on any atom is 0.244 e. The maximum atomic E-state index is 12.0. The third-order valence-corrected chi connectivity index (χ3v) is 3.86. The number of benzene rings is 2. The number of hydrogen-bond acceptors (Lipinski definition) is 3. The Kier molecular flexibility index (Phi) is 6.71. The largest absolute Gasteiger partial charge is 0.326 e. The molecule has 0 aliphatic heterocycles. The lowest BCUT2D eigenvalue weighted by Crippen LogP contribution is -2.22. The lowest BCUT2D eigenvalue weighted by molar-refractivity contribution is -0.120. The van der Waals surface area contributed by atoms with E-state index in [4.69, 9.17) is 11.6 Å². The van der Waals surface area contributed by atoms with Crippen molar-refractivity contribution in [3.8, 4) is 0 Å². The van der Waals surface area contributed by atoms with E-state index in [0.29, 0.717) is 16.4 Å². The number of rotatable bonds is 6. The molecule has 0 bridgehead atoms. The number of hydrogen-bond donors (Lipinski definition) is 2. The second kappa shape index (κ2) is 8.99. The number of hydrazone groups is 1. The molecule has 0 heterocycles. The Morgan fingerprint density at radius 3 is 2.48 bits per heavy atom. The summed E-state index contributed by atoms with van der Waals surface area (Å²) in [4.78, 5) is 23.8. The van der Waals surface area contributed by atoms with Crippen molar-refractivity contribution in [2.45, 2.75) is 26.7 Å². The Hall–Kier alpha value is -2.66. The van der Waals surface area contributed by atoms with Crippen LogP contribution in [0.3, 0.4) is 0 Å². The van der Waals surface area contributed by atoms with Crippen molar-refractivity contribution in [3.05, 3.63) is 64.7 Å². The Morgan fingerprint density at radius 1 is 1.08 bits per heavy atom. The van der Waals surface area contributed by atoms with E-state index in [1.165, 1.54) is 0 Å². The number of anilines is 1. The van der Waals surface area contributed by atoms with Gasteiger partial charge in [0.2, 0.25) is 11.8 Å². The van der Waals surface area contributed by atoms with Gasteiger partial charge in [-0.05, 0) is 37.1 Å². The van der Waals surface area contributed by atoms with Crippen LogP contribution in [0.5, 0.6) is 0 Å². The second-order valence-electron chi connectivity index (χ2n) is 5.73. The number of carbonyl (C=O) groups is 2. The maximum absolute atomic E-state index is 12.0. The average Bonchev–Trinajstić information content (AvgIpc) is 2.57. The van der Waals surface area contributed by atoms with Crippen molar-refractivity contribution in [1.82, 2.24) is 5.43 Å². The highest BCUT2D eigenvalue weighted by Crippen LogP contribution is 2.20. The quantitative estimate of drug-likeness (QED) is 0.611. The van der Waals surface area contributed by atoms with Gasteiger partial charge in [-0.15, -0.1) is 0 Å². The van der Waals surface area contributed by atoms with Gasteiger partial charge in [0.25, 0.3) is 0 Å². The van der Waals surface area contributed by atoms with Gasteiger partial charge in [0.1, 0.15) is 0 Å². The van der Waals surface area contributed by atoms with Gasteiger partial charge in [0.05, 0.1) is 12.8 Å². The Labute approximate surface area is 152 Å². The molecule has 0 unspecified atom stereocenters. The van der Waals surface area contributed by atoms with Gasteiger partial charge >= 0.3 is 0 Å². The van der Waals surface area contributed by atoms with Crippen LogP contribution < -0.4 is 10.7 Å². The third-order valence-electron chi connectivity index (χ3n) is 3.45. The minimum Gasteiger partial charge on any atom is -0.326 e. The summed E-state index contributed by atoms with van der Waals surface area (Å²) in [7, 11) is 0. The van der Waals surface area contributed by atoms with Crippen molar-refractivity contribution >= 4 is 34.8 Å². The van der Waals surface area contributed by atoms with Crippen molar-refractivity contribution < 1.29 is 9.59 Å². The molecule has 2 aromatic carbocycles. The fraction of sp³-hybridized carbons (Fsp3) is 0.211. The number of nitrogens with zero attached hydrogens (tertiary/aromatic N) is 1. The van der Waals surface area contributed by atoms with Crippen LogP contribution in [0.25, 0.3) is 0 Å². The molecule has 2 N–H and O–H groups in total. The summed E-state index contributed by atoms with van der Waals surface area (Å²) < 4.78 is 0. The van der Waals surface area contributed by atoms with Crippen molar-refractivity contribution in [1.29, 1.82) is 0 Å². The molecule has 2 amide bonds. The van der Waals surface area contributed by atoms with E-state index >= 15 is 0 Å². The second-order valence-corrected chi connectivity index (χ2v) is 6.14. The van der Waals surface area contributed by atoms with Gasteiger partial charge in [0.15, 0.2) is 0 Å². The zero-order valence-electron chi connectivity index (χ0n) is 14.2. The molecule has 25 heavy (non-hydrogen) atoms. The van der Waals surface area contributed by atoms with Crippen LogP contribution in [0.15, 0.2) is 53.6 Å². The van der Waals surface area contributed by atoms with Gasteiger partial charge in [-0.3, -0.25) is 9.59 Å². The van der Waals surface area contributed by atoms with E-state index in [-0.39, 0.29) is 24.7 Å². The third kappa shape index (κ3) is 6.39. The fourth-order valence-electron chi connectivity index (χ4n) is 2.13. The van der Waals surface area contributed by atoms with Gasteiger partial charge in [-0.25, -0.2) is 5.43 Å². The van der Waals surface area contributed by atoms with Crippen molar-refractivity contribution in [3.63, 3.8) is 0 Å². The minimum atomic E-state index is -0.226. The van der Waals surface area contributed by atoms with Crippen LogP contribution in [0.1, 0.15) is 24.5 Å². The zero-order chi connectivity index (χ0) is 18.2. The van der Waals surface area contributed by atoms with E-state index in [2.05, 4.69) is 15.8 Å². The summed E-state index contributed by atoms with van der Waals surface area (Å²) in [5.41, 5.74) is 5.45. The van der Waals surface area contributed by atoms with E-state index < -0.39 is 0 Å². The van der Waals surface area contributed by atoms with Crippen molar-refractivity contribution in [2.24, 2.45) is 5.10 Å². The molecule has 2 aromatic rings. The Balaban J connectivity index is 1.82. The average molecular weight is 358 g/mol. The summed E-state index contributed by atoms with van der Waals surface area (Å²) in [6.45, 7) is 3.58. The normalized spacial score (nSPS) is 11.1. The van der Waals surface area contributed by atoms with Gasteiger partial charge in [0, 0.05) is 16.4 Å². The molecular weight excluding hydrogens is 338 g/mol. The first-order valence-electron chi connectivity index (χ1n) is 7.86. The van der Waals surface area contributed by atoms with E-state index in [1.54, 1.807) is 19.1 Å². The molecule has 0 aliphatic carbocycles. The minimum absolute atomic E-state index is 0.0805. The van der Waals surface area contributed by atoms with Crippen molar-refractivity contribution in [2.75, 3.05) is 5.32 Å². The standard InChI is InChI=1S/C19H20ClN3O2/c1-13-8-9-16(12-17(13)20)21-18(24)10-14(2)22-23-19(25)11-15-6-4-3-5-7-15/h3-9,12H,10-11H2,1-2H3,(H,21,24)(H,23,25)/b22-14-. The smallest absolute Gasteiger partial charge is 0.244 e. The Morgan fingerprint density at radius 2 is 1.80 bits per heavy atom. The predicted molar refractivity (Wildman–Crippen MR) is 101 cm³/mol.